The highest BCUT2D eigenvalue weighted by molar-refractivity contribution is 5.38. The van der Waals surface area contributed by atoms with Crippen molar-refractivity contribution in [2.24, 2.45) is 0 Å². The molecule has 0 saturated heterocycles. The van der Waals surface area contributed by atoms with Crippen molar-refractivity contribution in [3.8, 4) is 5.75 Å². The van der Waals surface area contributed by atoms with Gasteiger partial charge in [-0.25, -0.2) is 0 Å². The van der Waals surface area contributed by atoms with Gasteiger partial charge in [0.15, 0.2) is 0 Å². The number of phenols is 1. The largest absolute Gasteiger partial charge is 0.508 e. The first-order valence-corrected chi connectivity index (χ1v) is 6.92. The molecule has 104 valence electrons. The maximum atomic E-state index is 11.0. The number of hydrogen-bond acceptors (Lipinski definition) is 3. The van der Waals surface area contributed by atoms with E-state index in [2.05, 4.69) is 17.4 Å². The standard InChI is InChI=1S/C17H19NO2/c1-17(20,13-6-8-14(19)9-7-13)16-15-5-3-2-4-12(15)10-11-18-16/h2-9,16,18-20H,10-11H2,1H3. The van der Waals surface area contributed by atoms with E-state index in [-0.39, 0.29) is 11.8 Å². The molecule has 2 unspecified atom stereocenters. The third kappa shape index (κ3) is 2.19. The normalized spacial score (nSPS) is 21.0. The van der Waals surface area contributed by atoms with Gasteiger partial charge in [0.25, 0.3) is 0 Å². The van der Waals surface area contributed by atoms with Gasteiger partial charge in [0, 0.05) is 0 Å². The van der Waals surface area contributed by atoms with Crippen molar-refractivity contribution in [2.45, 2.75) is 25.0 Å². The van der Waals surface area contributed by atoms with Gasteiger partial charge in [0.1, 0.15) is 11.4 Å². The minimum Gasteiger partial charge on any atom is -0.508 e. The molecular formula is C17H19NO2. The number of fused-ring (bicyclic) bond motifs is 1. The van der Waals surface area contributed by atoms with Gasteiger partial charge in [-0.05, 0) is 48.7 Å². The molecule has 0 fully saturated rings. The monoisotopic (exact) mass is 269 g/mol. The molecule has 0 radical (unpaired) electrons. The molecule has 2 atom stereocenters. The number of phenolic OH excluding ortho intramolecular Hbond substituents is 1. The van der Waals surface area contributed by atoms with Crippen molar-refractivity contribution in [3.05, 3.63) is 65.2 Å². The Morgan fingerprint density at radius 1 is 1.10 bits per heavy atom. The maximum Gasteiger partial charge on any atom is 0.115 e. The van der Waals surface area contributed by atoms with Crippen LogP contribution in [0, 0.1) is 0 Å². The quantitative estimate of drug-likeness (QED) is 0.785. The second kappa shape index (κ2) is 4.93. The second-order valence-corrected chi connectivity index (χ2v) is 5.53. The Labute approximate surface area is 118 Å². The number of rotatable bonds is 2. The summed E-state index contributed by atoms with van der Waals surface area (Å²) in [6.07, 6.45) is 0.984. The van der Waals surface area contributed by atoms with Crippen molar-refractivity contribution >= 4 is 0 Å². The molecule has 3 N–H and O–H groups in total. The molecule has 0 saturated carbocycles. The Balaban J connectivity index is 2.02. The number of aromatic hydroxyl groups is 1. The fourth-order valence-corrected chi connectivity index (χ4v) is 2.97. The van der Waals surface area contributed by atoms with Gasteiger partial charge in [0.05, 0.1) is 6.04 Å². The van der Waals surface area contributed by atoms with E-state index in [0.717, 1.165) is 24.1 Å². The van der Waals surface area contributed by atoms with Gasteiger partial charge in [-0.2, -0.15) is 0 Å². The predicted octanol–water partition coefficient (Wildman–Crippen LogP) is 2.49. The molecule has 3 heteroatoms. The molecule has 0 spiro atoms. The molecule has 1 aliphatic rings. The molecular weight excluding hydrogens is 250 g/mol. The predicted molar refractivity (Wildman–Crippen MR) is 78.6 cm³/mol. The lowest BCUT2D eigenvalue weighted by molar-refractivity contribution is 0.0118. The van der Waals surface area contributed by atoms with Crippen molar-refractivity contribution in [2.75, 3.05) is 6.54 Å². The van der Waals surface area contributed by atoms with E-state index < -0.39 is 5.60 Å². The molecule has 0 bridgehead atoms. The SMILES string of the molecule is CC(O)(c1ccc(O)cc1)C1NCCc2ccccc21. The zero-order valence-corrected chi connectivity index (χ0v) is 11.5. The fourth-order valence-electron chi connectivity index (χ4n) is 2.97. The van der Waals surface area contributed by atoms with E-state index in [9.17, 15) is 10.2 Å². The lowest BCUT2D eigenvalue weighted by Gasteiger charge is -2.38. The molecule has 2 aromatic rings. The highest BCUT2D eigenvalue weighted by Crippen LogP contribution is 2.38. The summed E-state index contributed by atoms with van der Waals surface area (Å²) in [5.41, 5.74) is 2.21. The van der Waals surface area contributed by atoms with Gasteiger partial charge >= 0.3 is 0 Å². The molecule has 0 amide bonds. The third-order valence-electron chi connectivity index (χ3n) is 4.12. The molecule has 1 heterocycles. The zero-order valence-electron chi connectivity index (χ0n) is 11.5. The summed E-state index contributed by atoms with van der Waals surface area (Å²) < 4.78 is 0. The van der Waals surface area contributed by atoms with Crippen LogP contribution >= 0.6 is 0 Å². The zero-order chi connectivity index (χ0) is 14.2. The molecule has 3 nitrogen and oxygen atoms in total. The first-order chi connectivity index (χ1) is 9.59. The van der Waals surface area contributed by atoms with E-state index in [4.69, 9.17) is 0 Å². The van der Waals surface area contributed by atoms with Gasteiger partial charge in [0.2, 0.25) is 0 Å². The molecule has 3 rings (SSSR count). The summed E-state index contributed by atoms with van der Waals surface area (Å²) >= 11 is 0. The highest BCUT2D eigenvalue weighted by atomic mass is 16.3. The first-order valence-electron chi connectivity index (χ1n) is 6.92. The smallest absolute Gasteiger partial charge is 0.115 e. The van der Waals surface area contributed by atoms with Gasteiger partial charge < -0.3 is 15.5 Å². The average Bonchev–Trinajstić information content (AvgIpc) is 2.47. The van der Waals surface area contributed by atoms with Crippen LogP contribution in [0.2, 0.25) is 0 Å². The van der Waals surface area contributed by atoms with E-state index in [1.807, 2.05) is 19.1 Å². The summed E-state index contributed by atoms with van der Waals surface area (Å²) in [6, 6.07) is 14.9. The van der Waals surface area contributed by atoms with Crippen LogP contribution in [-0.2, 0) is 12.0 Å². The van der Waals surface area contributed by atoms with Crippen LogP contribution in [0.25, 0.3) is 0 Å². The molecule has 2 aromatic carbocycles. The van der Waals surface area contributed by atoms with Crippen LogP contribution < -0.4 is 5.32 Å². The number of nitrogens with one attached hydrogen (secondary N) is 1. The molecule has 0 aromatic heterocycles. The summed E-state index contributed by atoms with van der Waals surface area (Å²) in [5, 5.41) is 23.8. The summed E-state index contributed by atoms with van der Waals surface area (Å²) in [5.74, 6) is 0.210. The number of benzene rings is 2. The summed E-state index contributed by atoms with van der Waals surface area (Å²) in [6.45, 7) is 2.68. The second-order valence-electron chi connectivity index (χ2n) is 5.53. The maximum absolute atomic E-state index is 11.0. The Morgan fingerprint density at radius 3 is 2.55 bits per heavy atom. The first kappa shape index (κ1) is 13.2. The Hall–Kier alpha value is -1.84. The van der Waals surface area contributed by atoms with Crippen LogP contribution in [-0.4, -0.2) is 16.8 Å². The van der Waals surface area contributed by atoms with E-state index in [1.165, 1.54) is 5.56 Å². The van der Waals surface area contributed by atoms with Crippen LogP contribution in [0.3, 0.4) is 0 Å². The van der Waals surface area contributed by atoms with E-state index in [0.29, 0.717) is 0 Å². The molecule has 0 aliphatic carbocycles. The van der Waals surface area contributed by atoms with E-state index in [1.54, 1.807) is 24.3 Å². The number of aliphatic hydroxyl groups is 1. The minimum atomic E-state index is -1.02. The van der Waals surface area contributed by atoms with Crippen LogP contribution in [0.15, 0.2) is 48.5 Å². The lowest BCUT2D eigenvalue weighted by atomic mass is 9.80. The minimum absolute atomic E-state index is 0.142. The lowest BCUT2D eigenvalue weighted by Crippen LogP contribution is -2.43. The Bertz CT molecular complexity index is 605. The summed E-state index contributed by atoms with van der Waals surface area (Å²) in [7, 11) is 0. The van der Waals surface area contributed by atoms with Gasteiger partial charge in [-0.1, -0.05) is 36.4 Å². The van der Waals surface area contributed by atoms with Gasteiger partial charge in [-0.15, -0.1) is 0 Å². The Kier molecular flexibility index (Phi) is 3.24. The van der Waals surface area contributed by atoms with Crippen molar-refractivity contribution in [1.29, 1.82) is 0 Å². The van der Waals surface area contributed by atoms with Gasteiger partial charge in [-0.3, -0.25) is 0 Å². The Morgan fingerprint density at radius 2 is 1.80 bits per heavy atom. The molecule has 1 aliphatic heterocycles. The summed E-state index contributed by atoms with van der Waals surface area (Å²) in [4.78, 5) is 0. The average molecular weight is 269 g/mol. The van der Waals surface area contributed by atoms with Crippen LogP contribution in [0.1, 0.15) is 29.7 Å². The topological polar surface area (TPSA) is 52.5 Å². The van der Waals surface area contributed by atoms with Crippen LogP contribution in [0.4, 0.5) is 0 Å². The fraction of sp³-hybridized carbons (Fsp3) is 0.294. The van der Waals surface area contributed by atoms with E-state index >= 15 is 0 Å². The number of hydrogen-bond donors (Lipinski definition) is 3. The third-order valence-corrected chi connectivity index (χ3v) is 4.12. The van der Waals surface area contributed by atoms with Crippen molar-refractivity contribution in [1.82, 2.24) is 5.32 Å². The van der Waals surface area contributed by atoms with Crippen molar-refractivity contribution < 1.29 is 10.2 Å². The molecule has 20 heavy (non-hydrogen) atoms. The van der Waals surface area contributed by atoms with Crippen molar-refractivity contribution in [3.63, 3.8) is 0 Å². The highest BCUT2D eigenvalue weighted by Gasteiger charge is 2.37. The van der Waals surface area contributed by atoms with Crippen LogP contribution in [0.5, 0.6) is 5.75 Å².